The molecule has 0 aromatic heterocycles. The van der Waals surface area contributed by atoms with Crippen LogP contribution in [0.15, 0.2) is 12.1 Å². The summed E-state index contributed by atoms with van der Waals surface area (Å²) in [5, 5.41) is 9.54. The molecule has 0 amide bonds. The third kappa shape index (κ3) is 2.33. The van der Waals surface area contributed by atoms with E-state index in [1.54, 1.807) is 40.4 Å². The van der Waals surface area contributed by atoms with Crippen LogP contribution in [0.2, 0.25) is 0 Å². The number of benzene rings is 1. The summed E-state index contributed by atoms with van der Waals surface area (Å²) in [7, 11) is 4.66. The average molecular weight is 212 g/mol. The predicted molar refractivity (Wildman–Crippen MR) is 56.7 cm³/mol. The molecule has 0 saturated carbocycles. The maximum Gasteiger partial charge on any atom is 0.164 e. The second-order valence-electron chi connectivity index (χ2n) is 3.13. The minimum Gasteiger partial charge on any atom is -0.496 e. The van der Waals surface area contributed by atoms with E-state index in [2.05, 4.69) is 0 Å². The smallest absolute Gasteiger partial charge is 0.164 e. The molecular formula is C11H16O4. The molecule has 0 heterocycles. The van der Waals surface area contributed by atoms with Crippen LogP contribution < -0.4 is 14.2 Å². The molecule has 1 atom stereocenters. The molecule has 0 aliphatic carbocycles. The van der Waals surface area contributed by atoms with Gasteiger partial charge >= 0.3 is 0 Å². The van der Waals surface area contributed by atoms with Gasteiger partial charge in [-0.25, -0.2) is 0 Å². The van der Waals surface area contributed by atoms with Crippen LogP contribution in [0.5, 0.6) is 17.2 Å². The molecule has 1 rings (SSSR count). The van der Waals surface area contributed by atoms with E-state index in [9.17, 15) is 5.11 Å². The van der Waals surface area contributed by atoms with Crippen molar-refractivity contribution in [1.82, 2.24) is 0 Å². The van der Waals surface area contributed by atoms with Gasteiger partial charge in [-0.1, -0.05) is 0 Å². The van der Waals surface area contributed by atoms with Crippen LogP contribution in [0.3, 0.4) is 0 Å². The van der Waals surface area contributed by atoms with Crippen LogP contribution in [0, 0.1) is 0 Å². The number of aliphatic hydroxyl groups excluding tert-OH is 1. The van der Waals surface area contributed by atoms with Crippen molar-refractivity contribution in [3.8, 4) is 17.2 Å². The van der Waals surface area contributed by atoms with E-state index in [0.29, 0.717) is 22.8 Å². The second-order valence-corrected chi connectivity index (χ2v) is 3.13. The molecule has 4 heteroatoms. The van der Waals surface area contributed by atoms with E-state index >= 15 is 0 Å². The summed E-state index contributed by atoms with van der Waals surface area (Å²) in [6.45, 7) is 1.67. The van der Waals surface area contributed by atoms with Gasteiger partial charge in [-0.2, -0.15) is 0 Å². The molecule has 1 N–H and O–H groups in total. The lowest BCUT2D eigenvalue weighted by atomic mass is 10.1. The van der Waals surface area contributed by atoms with Gasteiger partial charge in [0.25, 0.3) is 0 Å². The van der Waals surface area contributed by atoms with E-state index < -0.39 is 6.10 Å². The summed E-state index contributed by atoms with van der Waals surface area (Å²) in [6, 6.07) is 3.41. The van der Waals surface area contributed by atoms with E-state index in [0.717, 1.165) is 0 Å². The Kier molecular flexibility index (Phi) is 3.80. The van der Waals surface area contributed by atoms with Crippen LogP contribution >= 0.6 is 0 Å². The van der Waals surface area contributed by atoms with Gasteiger partial charge < -0.3 is 19.3 Å². The number of aliphatic hydroxyl groups is 1. The third-order valence-electron chi connectivity index (χ3n) is 2.19. The van der Waals surface area contributed by atoms with Gasteiger partial charge in [-0.05, 0) is 13.0 Å². The molecule has 15 heavy (non-hydrogen) atoms. The van der Waals surface area contributed by atoms with Crippen LogP contribution in [0.1, 0.15) is 18.6 Å². The van der Waals surface area contributed by atoms with Crippen molar-refractivity contribution in [3.05, 3.63) is 17.7 Å². The highest BCUT2D eigenvalue weighted by molar-refractivity contribution is 5.51. The maximum atomic E-state index is 9.54. The largest absolute Gasteiger partial charge is 0.496 e. The molecule has 0 radical (unpaired) electrons. The standard InChI is InChI=1S/C11H16O4/c1-7(12)8-5-10(14-3)11(15-4)6-9(8)13-2/h5-7,12H,1-4H3/t7-/m0/s1. The number of ether oxygens (including phenoxy) is 3. The van der Waals surface area contributed by atoms with Gasteiger partial charge in [-0.3, -0.25) is 0 Å². The molecule has 0 saturated heterocycles. The van der Waals surface area contributed by atoms with Gasteiger partial charge in [0.15, 0.2) is 11.5 Å². The SMILES string of the molecule is COc1cc(OC)c([C@H](C)O)cc1OC. The fraction of sp³-hybridized carbons (Fsp3) is 0.455. The summed E-state index contributed by atoms with van der Waals surface area (Å²) >= 11 is 0. The highest BCUT2D eigenvalue weighted by Crippen LogP contribution is 2.37. The molecule has 84 valence electrons. The van der Waals surface area contributed by atoms with Crippen LogP contribution in [0.25, 0.3) is 0 Å². The number of hydrogen-bond donors (Lipinski definition) is 1. The van der Waals surface area contributed by atoms with Crippen LogP contribution in [-0.2, 0) is 0 Å². The van der Waals surface area contributed by atoms with Gasteiger partial charge in [0, 0.05) is 11.6 Å². The summed E-state index contributed by atoms with van der Waals surface area (Å²) in [6.07, 6.45) is -0.611. The van der Waals surface area contributed by atoms with Crippen LogP contribution in [0.4, 0.5) is 0 Å². The molecule has 1 aromatic rings. The van der Waals surface area contributed by atoms with Crippen molar-refractivity contribution >= 4 is 0 Å². The lowest BCUT2D eigenvalue weighted by Crippen LogP contribution is -1.99. The third-order valence-corrected chi connectivity index (χ3v) is 2.19. The highest BCUT2D eigenvalue weighted by Gasteiger charge is 2.14. The average Bonchev–Trinajstić information content (AvgIpc) is 2.26. The monoisotopic (exact) mass is 212 g/mol. The molecule has 4 nitrogen and oxygen atoms in total. The normalized spacial score (nSPS) is 12.1. The number of methoxy groups -OCH3 is 3. The molecule has 0 aliphatic rings. The van der Waals surface area contributed by atoms with Gasteiger partial charge in [-0.15, -0.1) is 0 Å². The Labute approximate surface area is 89.4 Å². The van der Waals surface area contributed by atoms with Gasteiger partial charge in [0.2, 0.25) is 0 Å². The van der Waals surface area contributed by atoms with Crippen molar-refractivity contribution in [2.24, 2.45) is 0 Å². The molecular weight excluding hydrogens is 196 g/mol. The molecule has 0 fully saturated rings. The summed E-state index contributed by atoms with van der Waals surface area (Å²) in [5.41, 5.74) is 0.676. The zero-order chi connectivity index (χ0) is 11.4. The fourth-order valence-corrected chi connectivity index (χ4v) is 1.38. The zero-order valence-electron chi connectivity index (χ0n) is 9.40. The molecule has 0 unspecified atom stereocenters. The Balaban J connectivity index is 3.27. The highest BCUT2D eigenvalue weighted by atomic mass is 16.5. The van der Waals surface area contributed by atoms with E-state index in [4.69, 9.17) is 14.2 Å². The molecule has 0 spiro atoms. The topological polar surface area (TPSA) is 47.9 Å². The van der Waals surface area contributed by atoms with Crippen molar-refractivity contribution in [1.29, 1.82) is 0 Å². The first-order valence-corrected chi connectivity index (χ1v) is 4.62. The van der Waals surface area contributed by atoms with Crippen LogP contribution in [-0.4, -0.2) is 26.4 Å². The van der Waals surface area contributed by atoms with E-state index in [-0.39, 0.29) is 0 Å². The Bertz CT molecular complexity index is 334. The maximum absolute atomic E-state index is 9.54. The second kappa shape index (κ2) is 4.89. The summed E-state index contributed by atoms with van der Waals surface area (Å²) in [5.74, 6) is 1.75. The van der Waals surface area contributed by atoms with Crippen molar-refractivity contribution < 1.29 is 19.3 Å². The molecule has 1 aromatic carbocycles. The fourth-order valence-electron chi connectivity index (χ4n) is 1.38. The predicted octanol–water partition coefficient (Wildman–Crippen LogP) is 1.77. The first-order valence-electron chi connectivity index (χ1n) is 4.62. The van der Waals surface area contributed by atoms with E-state index in [1.165, 1.54) is 0 Å². The lowest BCUT2D eigenvalue weighted by molar-refractivity contribution is 0.193. The summed E-state index contributed by atoms with van der Waals surface area (Å²) < 4.78 is 15.4. The first-order chi connectivity index (χ1) is 7.13. The number of rotatable bonds is 4. The van der Waals surface area contributed by atoms with Crippen molar-refractivity contribution in [3.63, 3.8) is 0 Å². The lowest BCUT2D eigenvalue weighted by Gasteiger charge is -2.15. The first kappa shape index (κ1) is 11.7. The minimum atomic E-state index is -0.611. The quantitative estimate of drug-likeness (QED) is 0.826. The van der Waals surface area contributed by atoms with Crippen molar-refractivity contribution in [2.45, 2.75) is 13.0 Å². The number of hydrogen-bond acceptors (Lipinski definition) is 4. The zero-order valence-corrected chi connectivity index (χ0v) is 9.40. The molecule has 0 aliphatic heterocycles. The van der Waals surface area contributed by atoms with E-state index in [1.807, 2.05) is 0 Å². The van der Waals surface area contributed by atoms with Gasteiger partial charge in [0.1, 0.15) is 5.75 Å². The Hall–Kier alpha value is -1.42. The van der Waals surface area contributed by atoms with Gasteiger partial charge in [0.05, 0.1) is 27.4 Å². The Morgan fingerprint density at radius 1 is 0.933 bits per heavy atom. The summed E-state index contributed by atoms with van der Waals surface area (Å²) in [4.78, 5) is 0. The Morgan fingerprint density at radius 2 is 1.40 bits per heavy atom. The molecule has 0 bridgehead atoms. The van der Waals surface area contributed by atoms with Crippen molar-refractivity contribution in [2.75, 3.05) is 21.3 Å². The Morgan fingerprint density at radius 3 is 1.80 bits per heavy atom. The minimum absolute atomic E-state index is 0.578.